The smallest absolute Gasteiger partial charge is 0.317 e. The zero-order valence-electron chi connectivity index (χ0n) is 13.1. The molecule has 0 bridgehead atoms. The number of nitrogens with zero attached hydrogens (tertiary/aromatic N) is 2. The summed E-state index contributed by atoms with van der Waals surface area (Å²) in [5, 5.41) is 2.72. The third-order valence-corrected chi connectivity index (χ3v) is 4.77. The highest BCUT2D eigenvalue weighted by Gasteiger charge is 2.34. The summed E-state index contributed by atoms with van der Waals surface area (Å²) < 4.78 is 5.37. The molecule has 0 aromatic carbocycles. The normalized spacial score (nSPS) is 17.4. The number of urea groups is 1. The number of rotatable bonds is 5. The van der Waals surface area contributed by atoms with Gasteiger partial charge < -0.3 is 19.5 Å². The zero-order valence-corrected chi connectivity index (χ0v) is 13.9. The summed E-state index contributed by atoms with van der Waals surface area (Å²) >= 11 is 1.67. The van der Waals surface area contributed by atoms with Gasteiger partial charge in [-0.1, -0.05) is 0 Å². The first-order valence-corrected chi connectivity index (χ1v) is 8.22. The molecule has 1 unspecified atom stereocenters. The molecule has 1 aliphatic rings. The van der Waals surface area contributed by atoms with Crippen LogP contribution in [-0.2, 0) is 17.9 Å². The summed E-state index contributed by atoms with van der Waals surface area (Å²) in [6.45, 7) is 3.32. The standard InChI is InChI=1S/C16H19N3O3S/c1-11-5-6-13(23-11)9-19(8-12-4-3-7-22-12)15(20)14-10-18(2)16(21)17-14/h3-7,14H,8-10H2,1-2H3,(H,17,21). The number of thiophene rings is 1. The van der Waals surface area contributed by atoms with Crippen molar-refractivity contribution >= 4 is 23.3 Å². The number of nitrogens with one attached hydrogen (secondary N) is 1. The molecule has 1 atom stereocenters. The second-order valence-corrected chi connectivity index (χ2v) is 7.04. The number of likely N-dealkylation sites (N-methyl/N-ethyl adjacent to an activating group) is 1. The average Bonchev–Trinajstić information content (AvgIpc) is 3.22. The fraction of sp³-hybridized carbons (Fsp3) is 0.375. The highest BCUT2D eigenvalue weighted by molar-refractivity contribution is 7.11. The lowest BCUT2D eigenvalue weighted by atomic mass is 10.2. The van der Waals surface area contributed by atoms with Crippen molar-refractivity contribution in [3.05, 3.63) is 46.0 Å². The molecule has 1 N–H and O–H groups in total. The Kier molecular flexibility index (Phi) is 4.38. The minimum absolute atomic E-state index is 0.0925. The van der Waals surface area contributed by atoms with Gasteiger partial charge in [-0.3, -0.25) is 4.79 Å². The Balaban J connectivity index is 1.76. The van der Waals surface area contributed by atoms with E-state index in [-0.39, 0.29) is 11.9 Å². The third kappa shape index (κ3) is 3.56. The molecule has 1 fully saturated rings. The van der Waals surface area contributed by atoms with Crippen molar-refractivity contribution in [3.63, 3.8) is 0 Å². The summed E-state index contributed by atoms with van der Waals surface area (Å²) in [4.78, 5) is 30.0. The fourth-order valence-electron chi connectivity index (χ4n) is 2.58. The summed E-state index contributed by atoms with van der Waals surface area (Å²) in [5.74, 6) is 0.634. The van der Waals surface area contributed by atoms with Crippen LogP contribution < -0.4 is 5.32 Å². The molecule has 0 saturated carbocycles. The van der Waals surface area contributed by atoms with Gasteiger partial charge in [0.1, 0.15) is 11.8 Å². The Bertz CT molecular complexity index is 695. The van der Waals surface area contributed by atoms with E-state index in [9.17, 15) is 9.59 Å². The molecular weight excluding hydrogens is 314 g/mol. The topological polar surface area (TPSA) is 65.8 Å². The van der Waals surface area contributed by atoms with E-state index in [1.165, 1.54) is 9.78 Å². The molecule has 2 aromatic rings. The molecule has 3 amide bonds. The van der Waals surface area contributed by atoms with Gasteiger partial charge in [0.2, 0.25) is 5.91 Å². The van der Waals surface area contributed by atoms with Crippen LogP contribution in [0.25, 0.3) is 0 Å². The van der Waals surface area contributed by atoms with Gasteiger partial charge in [0.25, 0.3) is 0 Å². The van der Waals surface area contributed by atoms with Crippen molar-refractivity contribution in [1.82, 2.24) is 15.1 Å². The zero-order chi connectivity index (χ0) is 16.4. The number of carbonyl (C=O) groups excluding carboxylic acids is 2. The highest BCUT2D eigenvalue weighted by Crippen LogP contribution is 2.20. The summed E-state index contributed by atoms with van der Waals surface area (Å²) in [7, 11) is 1.68. The number of furan rings is 1. The molecule has 1 saturated heterocycles. The van der Waals surface area contributed by atoms with Gasteiger partial charge in [-0.15, -0.1) is 11.3 Å². The molecule has 0 spiro atoms. The molecule has 2 aromatic heterocycles. The quantitative estimate of drug-likeness (QED) is 0.912. The molecule has 0 aliphatic carbocycles. The van der Waals surface area contributed by atoms with E-state index in [1.54, 1.807) is 35.6 Å². The lowest BCUT2D eigenvalue weighted by Crippen LogP contribution is -2.44. The van der Waals surface area contributed by atoms with E-state index < -0.39 is 6.04 Å². The van der Waals surface area contributed by atoms with Gasteiger partial charge in [0.15, 0.2) is 0 Å². The first kappa shape index (κ1) is 15.6. The number of aryl methyl sites for hydroxylation is 1. The van der Waals surface area contributed by atoms with Crippen molar-refractivity contribution in [3.8, 4) is 0 Å². The molecular formula is C16H19N3O3S. The average molecular weight is 333 g/mol. The van der Waals surface area contributed by atoms with Crippen LogP contribution in [0.2, 0.25) is 0 Å². The van der Waals surface area contributed by atoms with Gasteiger partial charge in [0, 0.05) is 16.8 Å². The van der Waals surface area contributed by atoms with Gasteiger partial charge in [-0.05, 0) is 31.2 Å². The van der Waals surface area contributed by atoms with E-state index >= 15 is 0 Å². The number of carbonyl (C=O) groups is 2. The fourth-order valence-corrected chi connectivity index (χ4v) is 3.49. The predicted octanol–water partition coefficient (Wildman–Crippen LogP) is 2.20. The number of hydrogen-bond acceptors (Lipinski definition) is 4. The van der Waals surface area contributed by atoms with E-state index in [1.807, 2.05) is 25.1 Å². The van der Waals surface area contributed by atoms with Crippen molar-refractivity contribution in [1.29, 1.82) is 0 Å². The van der Waals surface area contributed by atoms with Crippen molar-refractivity contribution < 1.29 is 14.0 Å². The van der Waals surface area contributed by atoms with E-state index in [0.29, 0.717) is 19.6 Å². The van der Waals surface area contributed by atoms with Crippen LogP contribution >= 0.6 is 11.3 Å². The summed E-state index contributed by atoms with van der Waals surface area (Å²) in [6, 6.07) is 7.00. The Morgan fingerprint density at radius 1 is 1.43 bits per heavy atom. The van der Waals surface area contributed by atoms with Gasteiger partial charge in [-0.2, -0.15) is 0 Å². The second-order valence-electron chi connectivity index (χ2n) is 5.67. The first-order valence-electron chi connectivity index (χ1n) is 7.41. The van der Waals surface area contributed by atoms with E-state index in [2.05, 4.69) is 5.32 Å². The van der Waals surface area contributed by atoms with Crippen molar-refractivity contribution in [2.75, 3.05) is 13.6 Å². The van der Waals surface area contributed by atoms with Crippen LogP contribution in [0.3, 0.4) is 0 Å². The lowest BCUT2D eigenvalue weighted by Gasteiger charge is -2.24. The number of amides is 3. The van der Waals surface area contributed by atoms with Gasteiger partial charge >= 0.3 is 6.03 Å². The summed E-state index contributed by atoms with van der Waals surface area (Å²) in [6.07, 6.45) is 1.60. The second kappa shape index (κ2) is 6.45. The molecule has 3 rings (SSSR count). The molecule has 3 heterocycles. The van der Waals surface area contributed by atoms with Crippen LogP contribution in [0.4, 0.5) is 4.79 Å². The van der Waals surface area contributed by atoms with Crippen molar-refractivity contribution in [2.24, 2.45) is 0 Å². The Morgan fingerprint density at radius 3 is 2.83 bits per heavy atom. The molecule has 23 heavy (non-hydrogen) atoms. The summed E-state index contributed by atoms with van der Waals surface area (Å²) in [5.41, 5.74) is 0. The van der Waals surface area contributed by atoms with E-state index in [4.69, 9.17) is 4.42 Å². The molecule has 122 valence electrons. The minimum atomic E-state index is -0.511. The van der Waals surface area contributed by atoms with Crippen LogP contribution in [0.15, 0.2) is 34.9 Å². The van der Waals surface area contributed by atoms with E-state index in [0.717, 1.165) is 10.6 Å². The SMILES string of the molecule is Cc1ccc(CN(Cc2ccco2)C(=O)C2CN(C)C(=O)N2)s1. The molecule has 7 heteroatoms. The maximum Gasteiger partial charge on any atom is 0.317 e. The maximum absolute atomic E-state index is 12.8. The maximum atomic E-state index is 12.8. The van der Waals surface area contributed by atoms with Gasteiger partial charge in [-0.25, -0.2) is 4.79 Å². The van der Waals surface area contributed by atoms with Crippen LogP contribution in [0.5, 0.6) is 0 Å². The lowest BCUT2D eigenvalue weighted by molar-refractivity contribution is -0.134. The number of hydrogen-bond donors (Lipinski definition) is 1. The Hall–Kier alpha value is -2.28. The molecule has 1 aliphatic heterocycles. The monoisotopic (exact) mass is 333 g/mol. The largest absolute Gasteiger partial charge is 0.467 e. The molecule has 0 radical (unpaired) electrons. The van der Waals surface area contributed by atoms with Crippen molar-refractivity contribution in [2.45, 2.75) is 26.1 Å². The Labute approximate surface area is 138 Å². The first-order chi connectivity index (χ1) is 11.0. The van der Waals surface area contributed by atoms with Crippen LogP contribution in [0.1, 0.15) is 15.5 Å². The van der Waals surface area contributed by atoms with Gasteiger partial charge in [0.05, 0.1) is 25.9 Å². The Morgan fingerprint density at radius 2 is 2.26 bits per heavy atom. The third-order valence-electron chi connectivity index (χ3n) is 3.78. The highest BCUT2D eigenvalue weighted by atomic mass is 32.1. The molecule has 6 nitrogen and oxygen atoms in total. The minimum Gasteiger partial charge on any atom is -0.467 e. The van der Waals surface area contributed by atoms with Crippen LogP contribution in [0, 0.1) is 6.92 Å². The predicted molar refractivity (Wildman–Crippen MR) is 87.0 cm³/mol. The van der Waals surface area contributed by atoms with Crippen LogP contribution in [-0.4, -0.2) is 41.4 Å².